The normalized spacial score (nSPS) is 18.0. The van der Waals surface area contributed by atoms with Crippen LogP contribution in [-0.4, -0.2) is 31.1 Å². The Morgan fingerprint density at radius 1 is 1.20 bits per heavy atom. The molecule has 1 fully saturated rings. The molecule has 0 aliphatic carbocycles. The van der Waals surface area contributed by atoms with Crippen LogP contribution in [-0.2, 0) is 6.18 Å². The Labute approximate surface area is 163 Å². The first kappa shape index (κ1) is 24.7. The zero-order valence-electron chi connectivity index (χ0n) is 14.0. The number of nitrogens with zero attached hydrogens (tertiary/aromatic N) is 1. The second-order valence-corrected chi connectivity index (χ2v) is 6.38. The van der Waals surface area contributed by atoms with Crippen LogP contribution < -0.4 is 5.32 Å². The molecular formula is C16H23Cl3F4N2. The van der Waals surface area contributed by atoms with Gasteiger partial charge >= 0.3 is 6.18 Å². The van der Waals surface area contributed by atoms with Crippen molar-refractivity contribution in [3.63, 3.8) is 0 Å². The smallest absolute Gasteiger partial charge is 0.314 e. The van der Waals surface area contributed by atoms with E-state index in [-0.39, 0.29) is 36.3 Å². The minimum atomic E-state index is -4.55. The summed E-state index contributed by atoms with van der Waals surface area (Å²) in [6.07, 6.45) is -3.81. The van der Waals surface area contributed by atoms with Gasteiger partial charge in [-0.25, -0.2) is 4.39 Å². The number of piperazine rings is 1. The lowest BCUT2D eigenvalue weighted by Crippen LogP contribution is -2.46. The minimum Gasteiger partial charge on any atom is -0.314 e. The standard InChI is InChI=1S/C16H21ClF4N2.2ClH/c1-3-10(2)15(23-6-4-22-5-7-23)12-8-11(16(19,20)21)9-13(17)14(12)18;;/h8-10,15,22H,3-7H2,1-2H3;2*1H/t10?,15-;;/m0../s1. The number of hydrogen-bond donors (Lipinski definition) is 1. The van der Waals surface area contributed by atoms with Crippen LogP contribution in [0.4, 0.5) is 17.6 Å². The number of nitrogens with one attached hydrogen (secondary N) is 1. The Kier molecular flexibility index (Phi) is 10.1. The SMILES string of the molecule is CCC(C)[C@@H](c1cc(C(F)(F)F)cc(Cl)c1F)N1CCNCC1.Cl.Cl. The van der Waals surface area contributed by atoms with Crippen molar-refractivity contribution in [1.82, 2.24) is 10.2 Å². The average Bonchev–Trinajstić information content (AvgIpc) is 2.51. The molecular weight excluding hydrogens is 403 g/mol. The largest absolute Gasteiger partial charge is 0.416 e. The van der Waals surface area contributed by atoms with Gasteiger partial charge in [-0.3, -0.25) is 4.90 Å². The van der Waals surface area contributed by atoms with Crippen molar-refractivity contribution in [1.29, 1.82) is 0 Å². The van der Waals surface area contributed by atoms with E-state index >= 15 is 0 Å². The van der Waals surface area contributed by atoms with E-state index in [0.717, 1.165) is 25.6 Å². The Hall–Kier alpha value is -0.270. The van der Waals surface area contributed by atoms with Crippen LogP contribution >= 0.6 is 36.4 Å². The second-order valence-electron chi connectivity index (χ2n) is 5.98. The molecule has 2 atom stereocenters. The number of hydrogen-bond acceptors (Lipinski definition) is 2. The third-order valence-electron chi connectivity index (χ3n) is 4.43. The predicted molar refractivity (Wildman–Crippen MR) is 97.5 cm³/mol. The first-order chi connectivity index (χ1) is 10.8. The van der Waals surface area contributed by atoms with Gasteiger partial charge in [-0.15, -0.1) is 24.8 Å². The van der Waals surface area contributed by atoms with E-state index in [1.54, 1.807) is 0 Å². The minimum absolute atomic E-state index is 0. The van der Waals surface area contributed by atoms with E-state index < -0.39 is 28.6 Å². The molecule has 1 aliphatic heterocycles. The van der Waals surface area contributed by atoms with Crippen LogP contribution in [0, 0.1) is 11.7 Å². The molecule has 1 N–H and O–H groups in total. The summed E-state index contributed by atoms with van der Waals surface area (Å²) < 4.78 is 53.7. The number of benzene rings is 1. The molecule has 0 amide bonds. The van der Waals surface area contributed by atoms with Crippen molar-refractivity contribution < 1.29 is 17.6 Å². The van der Waals surface area contributed by atoms with Crippen molar-refractivity contribution in [2.45, 2.75) is 32.5 Å². The summed E-state index contributed by atoms with van der Waals surface area (Å²) in [7, 11) is 0. The molecule has 0 bridgehead atoms. The fourth-order valence-electron chi connectivity index (χ4n) is 3.04. The molecule has 1 unspecified atom stereocenters. The molecule has 146 valence electrons. The first-order valence-corrected chi connectivity index (χ1v) is 8.14. The summed E-state index contributed by atoms with van der Waals surface area (Å²) in [4.78, 5) is 2.04. The van der Waals surface area contributed by atoms with E-state index in [1.807, 2.05) is 18.7 Å². The lowest BCUT2D eigenvalue weighted by molar-refractivity contribution is -0.137. The second kappa shape index (κ2) is 10.2. The topological polar surface area (TPSA) is 15.3 Å². The van der Waals surface area contributed by atoms with Crippen LogP contribution in [0.5, 0.6) is 0 Å². The molecule has 1 aromatic carbocycles. The first-order valence-electron chi connectivity index (χ1n) is 7.76. The Morgan fingerprint density at radius 3 is 2.24 bits per heavy atom. The maximum Gasteiger partial charge on any atom is 0.416 e. The summed E-state index contributed by atoms with van der Waals surface area (Å²) >= 11 is 5.75. The molecule has 0 spiro atoms. The van der Waals surface area contributed by atoms with E-state index in [1.165, 1.54) is 0 Å². The predicted octanol–water partition coefficient (Wildman–Crippen LogP) is 5.33. The number of rotatable bonds is 4. The summed E-state index contributed by atoms with van der Waals surface area (Å²) in [5.41, 5.74) is -0.858. The van der Waals surface area contributed by atoms with Crippen LogP contribution in [0.25, 0.3) is 0 Å². The van der Waals surface area contributed by atoms with Gasteiger partial charge in [0.25, 0.3) is 0 Å². The third-order valence-corrected chi connectivity index (χ3v) is 4.71. The summed E-state index contributed by atoms with van der Waals surface area (Å²) in [6, 6.07) is 1.16. The average molecular weight is 426 g/mol. The van der Waals surface area contributed by atoms with E-state index in [0.29, 0.717) is 19.2 Å². The van der Waals surface area contributed by atoms with Crippen molar-refractivity contribution in [2.24, 2.45) is 5.92 Å². The van der Waals surface area contributed by atoms with Crippen molar-refractivity contribution in [3.8, 4) is 0 Å². The van der Waals surface area contributed by atoms with Gasteiger partial charge in [-0.2, -0.15) is 13.2 Å². The van der Waals surface area contributed by atoms with Gasteiger partial charge in [0.1, 0.15) is 5.82 Å². The zero-order valence-corrected chi connectivity index (χ0v) is 16.4. The van der Waals surface area contributed by atoms with Gasteiger partial charge in [0.15, 0.2) is 0 Å². The van der Waals surface area contributed by atoms with Gasteiger partial charge < -0.3 is 5.32 Å². The summed E-state index contributed by atoms with van der Waals surface area (Å²) in [5, 5.41) is 2.72. The van der Waals surface area contributed by atoms with Crippen molar-refractivity contribution in [3.05, 3.63) is 34.1 Å². The highest BCUT2D eigenvalue weighted by molar-refractivity contribution is 6.30. The molecule has 9 heteroatoms. The molecule has 1 aromatic rings. The van der Waals surface area contributed by atoms with Crippen LogP contribution in [0.1, 0.15) is 37.4 Å². The van der Waals surface area contributed by atoms with Crippen molar-refractivity contribution in [2.75, 3.05) is 26.2 Å². The molecule has 0 saturated carbocycles. The highest BCUT2D eigenvalue weighted by Crippen LogP contribution is 2.39. The highest BCUT2D eigenvalue weighted by Gasteiger charge is 2.35. The van der Waals surface area contributed by atoms with Crippen LogP contribution in [0.3, 0.4) is 0 Å². The maximum absolute atomic E-state index is 14.5. The van der Waals surface area contributed by atoms with E-state index in [9.17, 15) is 17.6 Å². The maximum atomic E-state index is 14.5. The van der Waals surface area contributed by atoms with Gasteiger partial charge in [0.05, 0.1) is 10.6 Å². The number of halogens is 7. The fraction of sp³-hybridized carbons (Fsp3) is 0.625. The summed E-state index contributed by atoms with van der Waals surface area (Å²) in [6.45, 7) is 6.69. The molecule has 0 aromatic heterocycles. The molecule has 1 aliphatic rings. The molecule has 1 saturated heterocycles. The van der Waals surface area contributed by atoms with Crippen LogP contribution in [0.15, 0.2) is 12.1 Å². The molecule has 1 heterocycles. The van der Waals surface area contributed by atoms with E-state index in [4.69, 9.17) is 11.6 Å². The van der Waals surface area contributed by atoms with Crippen molar-refractivity contribution >= 4 is 36.4 Å². The molecule has 25 heavy (non-hydrogen) atoms. The fourth-order valence-corrected chi connectivity index (χ4v) is 3.26. The Bertz CT molecular complexity index is 549. The Balaban J connectivity index is 0.00000288. The lowest BCUT2D eigenvalue weighted by atomic mass is 9.89. The quantitative estimate of drug-likeness (QED) is 0.656. The molecule has 0 radical (unpaired) electrons. The molecule has 2 rings (SSSR count). The monoisotopic (exact) mass is 424 g/mol. The highest BCUT2D eigenvalue weighted by atomic mass is 35.5. The van der Waals surface area contributed by atoms with Gasteiger partial charge in [-0.05, 0) is 18.1 Å². The molecule has 2 nitrogen and oxygen atoms in total. The number of alkyl halides is 3. The summed E-state index contributed by atoms with van der Waals surface area (Å²) in [5.74, 6) is -0.731. The zero-order chi connectivity index (χ0) is 17.2. The Morgan fingerprint density at radius 2 is 1.76 bits per heavy atom. The third kappa shape index (κ3) is 5.86. The van der Waals surface area contributed by atoms with Gasteiger partial charge in [0.2, 0.25) is 0 Å². The van der Waals surface area contributed by atoms with Gasteiger partial charge in [0, 0.05) is 37.8 Å². The van der Waals surface area contributed by atoms with Crippen LogP contribution in [0.2, 0.25) is 5.02 Å². The van der Waals surface area contributed by atoms with Gasteiger partial charge in [-0.1, -0.05) is 31.9 Å². The van der Waals surface area contributed by atoms with E-state index in [2.05, 4.69) is 5.32 Å². The lowest BCUT2D eigenvalue weighted by Gasteiger charge is -2.38.